The highest BCUT2D eigenvalue weighted by molar-refractivity contribution is 14.1. The number of benzene rings is 2. The van der Waals surface area contributed by atoms with Crippen LogP contribution >= 0.6 is 46.4 Å². The number of halogens is 2. The summed E-state index contributed by atoms with van der Waals surface area (Å²) < 4.78 is 12.2. The second-order valence-corrected chi connectivity index (χ2v) is 8.48. The molecule has 156 valence electrons. The molecule has 0 atom stereocenters. The van der Waals surface area contributed by atoms with Crippen LogP contribution in [0.5, 0.6) is 11.5 Å². The van der Waals surface area contributed by atoms with Crippen LogP contribution in [0.3, 0.4) is 0 Å². The fourth-order valence-corrected chi connectivity index (χ4v) is 3.91. The molecule has 0 aromatic heterocycles. The maximum absolute atomic E-state index is 12.5. The van der Waals surface area contributed by atoms with Gasteiger partial charge in [-0.1, -0.05) is 23.7 Å². The third-order valence-electron chi connectivity index (χ3n) is 4.50. The Morgan fingerprint density at radius 1 is 1.10 bits per heavy atom. The van der Waals surface area contributed by atoms with Gasteiger partial charge in [0.2, 0.25) is 0 Å². The van der Waals surface area contributed by atoms with Gasteiger partial charge in [0.15, 0.2) is 16.6 Å². The lowest BCUT2D eigenvalue weighted by Gasteiger charge is -2.31. The summed E-state index contributed by atoms with van der Waals surface area (Å²) in [6, 6.07) is 10.9. The lowest BCUT2D eigenvalue weighted by atomic mass is 10.1. The summed E-state index contributed by atoms with van der Waals surface area (Å²) >= 11 is 13.2. The average Bonchev–Trinajstić information content (AvgIpc) is 2.74. The van der Waals surface area contributed by atoms with Crippen LogP contribution in [0.25, 0.3) is 6.08 Å². The van der Waals surface area contributed by atoms with Crippen LogP contribution in [0.15, 0.2) is 42.0 Å². The molecule has 0 spiro atoms. The number of carbonyl (C=O) groups is 2. The van der Waals surface area contributed by atoms with Gasteiger partial charge < -0.3 is 9.47 Å². The van der Waals surface area contributed by atoms with Gasteiger partial charge in [-0.3, -0.25) is 19.4 Å². The van der Waals surface area contributed by atoms with Crippen LogP contribution < -0.4 is 9.47 Å². The first kappa shape index (κ1) is 22.5. The van der Waals surface area contributed by atoms with Crippen molar-refractivity contribution in [1.82, 2.24) is 9.80 Å². The third kappa shape index (κ3) is 4.60. The lowest BCUT2D eigenvalue weighted by Crippen LogP contribution is -2.52. The molecule has 0 bridgehead atoms. The molecule has 0 saturated carbocycles. The van der Waals surface area contributed by atoms with Crippen LogP contribution in [0, 0.1) is 3.57 Å². The Kier molecular flexibility index (Phi) is 6.99. The molecule has 30 heavy (non-hydrogen) atoms. The van der Waals surface area contributed by atoms with Crippen molar-refractivity contribution in [1.29, 1.82) is 0 Å². The van der Waals surface area contributed by atoms with Crippen LogP contribution in [-0.4, -0.2) is 47.9 Å². The Morgan fingerprint density at radius 2 is 1.70 bits per heavy atom. The van der Waals surface area contributed by atoms with Crippen molar-refractivity contribution in [2.75, 3.05) is 21.2 Å². The van der Waals surface area contributed by atoms with Gasteiger partial charge in [0.1, 0.15) is 12.2 Å². The standard InChI is InChI=1S/C21H18ClIN2O4S/c1-24-19(26)15(20(27)25(2)21(24)30)8-13-9-16(23)18(17(10-13)28-3)29-11-12-4-6-14(22)7-5-12/h4-10H,11H2,1-3H3. The van der Waals surface area contributed by atoms with Crippen LogP contribution in [0.1, 0.15) is 11.1 Å². The zero-order chi connectivity index (χ0) is 22.0. The maximum atomic E-state index is 12.5. The van der Waals surface area contributed by atoms with Gasteiger partial charge in [-0.15, -0.1) is 0 Å². The zero-order valence-corrected chi connectivity index (χ0v) is 20.2. The first-order valence-corrected chi connectivity index (χ1v) is 10.7. The Labute approximate surface area is 198 Å². The molecular weight excluding hydrogens is 539 g/mol. The summed E-state index contributed by atoms with van der Waals surface area (Å²) in [5.74, 6) is 0.183. The van der Waals surface area contributed by atoms with Gasteiger partial charge in [-0.25, -0.2) is 0 Å². The lowest BCUT2D eigenvalue weighted by molar-refractivity contribution is -0.132. The minimum Gasteiger partial charge on any atom is -0.493 e. The van der Waals surface area contributed by atoms with E-state index >= 15 is 0 Å². The van der Waals surface area contributed by atoms with Gasteiger partial charge >= 0.3 is 0 Å². The Hall–Kier alpha value is -2.17. The Bertz CT molecular complexity index is 1030. The summed E-state index contributed by atoms with van der Waals surface area (Å²) in [6.45, 7) is 0.341. The van der Waals surface area contributed by atoms with E-state index in [9.17, 15) is 9.59 Å². The first-order chi connectivity index (χ1) is 14.2. The number of thiocarbonyl (C=S) groups is 1. The van der Waals surface area contributed by atoms with Crippen LogP contribution in [0.4, 0.5) is 0 Å². The predicted molar refractivity (Wildman–Crippen MR) is 128 cm³/mol. The number of likely N-dealkylation sites (N-methyl/N-ethyl adjacent to an activating group) is 2. The Morgan fingerprint density at radius 3 is 2.27 bits per heavy atom. The molecule has 1 fully saturated rings. The second-order valence-electron chi connectivity index (χ2n) is 6.52. The average molecular weight is 557 g/mol. The Balaban J connectivity index is 1.90. The van der Waals surface area contributed by atoms with Gasteiger partial charge in [-0.05, 0) is 76.3 Å². The number of hydrogen-bond donors (Lipinski definition) is 0. The summed E-state index contributed by atoms with van der Waals surface area (Å²) in [4.78, 5) is 27.6. The molecular formula is C21H18ClIN2O4S. The van der Waals surface area contributed by atoms with Crippen LogP contribution in [-0.2, 0) is 16.2 Å². The molecule has 2 amide bonds. The highest BCUT2D eigenvalue weighted by atomic mass is 127. The van der Waals surface area contributed by atoms with E-state index in [0.29, 0.717) is 28.7 Å². The van der Waals surface area contributed by atoms with E-state index in [-0.39, 0.29) is 10.7 Å². The highest BCUT2D eigenvalue weighted by Crippen LogP contribution is 2.35. The van der Waals surface area contributed by atoms with Crippen molar-refractivity contribution < 1.29 is 19.1 Å². The normalized spacial score (nSPS) is 14.3. The van der Waals surface area contributed by atoms with Crippen molar-refractivity contribution in [3.63, 3.8) is 0 Å². The predicted octanol–water partition coefficient (Wildman–Crippen LogP) is 4.13. The molecule has 3 rings (SSSR count). The topological polar surface area (TPSA) is 59.1 Å². The third-order valence-corrected chi connectivity index (χ3v) is 6.10. The number of methoxy groups -OCH3 is 1. The van der Waals surface area contributed by atoms with E-state index in [1.54, 1.807) is 32.3 Å². The largest absolute Gasteiger partial charge is 0.493 e. The number of nitrogens with zero attached hydrogens (tertiary/aromatic N) is 2. The second kappa shape index (κ2) is 9.32. The molecule has 2 aromatic carbocycles. The van der Waals surface area contributed by atoms with Crippen LogP contribution in [0.2, 0.25) is 5.02 Å². The molecule has 0 unspecified atom stereocenters. The fraction of sp³-hybridized carbons (Fsp3) is 0.190. The summed E-state index contributed by atoms with van der Waals surface area (Å²) in [7, 11) is 4.62. The molecule has 1 heterocycles. The van der Waals surface area contributed by atoms with Crippen molar-refractivity contribution in [2.24, 2.45) is 0 Å². The first-order valence-electron chi connectivity index (χ1n) is 8.79. The van der Waals surface area contributed by atoms with Gasteiger partial charge in [0.25, 0.3) is 11.8 Å². The number of hydrogen-bond acceptors (Lipinski definition) is 5. The molecule has 9 heteroatoms. The smallest absolute Gasteiger partial charge is 0.265 e. The molecule has 0 N–H and O–H groups in total. The molecule has 1 saturated heterocycles. The van der Waals surface area contributed by atoms with Crippen molar-refractivity contribution in [3.8, 4) is 11.5 Å². The number of carbonyl (C=O) groups excluding carboxylic acids is 2. The highest BCUT2D eigenvalue weighted by Gasteiger charge is 2.35. The van der Waals surface area contributed by atoms with E-state index in [1.165, 1.54) is 23.0 Å². The van der Waals surface area contributed by atoms with Crippen molar-refractivity contribution in [2.45, 2.75) is 6.61 Å². The zero-order valence-electron chi connectivity index (χ0n) is 16.4. The van der Waals surface area contributed by atoms with E-state index < -0.39 is 11.8 Å². The summed E-state index contributed by atoms with van der Waals surface area (Å²) in [6.07, 6.45) is 1.53. The van der Waals surface area contributed by atoms with Gasteiger partial charge in [0, 0.05) is 19.1 Å². The molecule has 2 aromatic rings. The molecule has 6 nitrogen and oxygen atoms in total. The number of rotatable bonds is 5. The van der Waals surface area contributed by atoms with E-state index in [0.717, 1.165) is 9.13 Å². The minimum absolute atomic E-state index is 0.0290. The monoisotopic (exact) mass is 556 g/mol. The van der Waals surface area contributed by atoms with Gasteiger partial charge in [-0.2, -0.15) is 0 Å². The summed E-state index contributed by atoms with van der Waals surface area (Å²) in [5.41, 5.74) is 1.63. The van der Waals surface area contributed by atoms with Crippen molar-refractivity contribution >= 4 is 69.4 Å². The molecule has 0 aliphatic carbocycles. The number of amides is 2. The van der Waals surface area contributed by atoms with E-state index in [2.05, 4.69) is 22.6 Å². The number of ether oxygens (including phenoxy) is 2. The molecule has 1 aliphatic heterocycles. The quantitative estimate of drug-likeness (QED) is 0.240. The van der Waals surface area contributed by atoms with Gasteiger partial charge in [0.05, 0.1) is 10.7 Å². The fourth-order valence-electron chi connectivity index (χ4n) is 2.84. The molecule has 0 radical (unpaired) electrons. The van der Waals surface area contributed by atoms with Crippen molar-refractivity contribution in [3.05, 3.63) is 61.7 Å². The van der Waals surface area contributed by atoms with E-state index in [1.807, 2.05) is 18.2 Å². The molecule has 1 aliphatic rings. The van der Waals surface area contributed by atoms with E-state index in [4.69, 9.17) is 33.3 Å². The SMILES string of the molecule is COc1cc(C=C2C(=O)N(C)C(=S)N(C)C2=O)cc(I)c1OCc1ccc(Cl)cc1. The maximum Gasteiger partial charge on any atom is 0.265 e. The minimum atomic E-state index is -0.444. The summed E-state index contributed by atoms with van der Waals surface area (Å²) in [5, 5.41) is 0.826.